The van der Waals surface area contributed by atoms with Crippen molar-refractivity contribution in [3.63, 3.8) is 0 Å². The molecule has 0 N–H and O–H groups in total. The molecule has 0 bridgehead atoms. The summed E-state index contributed by atoms with van der Waals surface area (Å²) in [5.74, 6) is -0.483. The largest absolute Gasteiger partial charge is 0.492 e. The van der Waals surface area contributed by atoms with Crippen LogP contribution >= 0.6 is 0 Å². The average molecular weight is 326 g/mol. The zero-order valence-electron chi connectivity index (χ0n) is 13.4. The highest BCUT2D eigenvalue weighted by atomic mass is 28.5. The lowest BCUT2D eigenvalue weighted by Gasteiger charge is -2.31. The summed E-state index contributed by atoms with van der Waals surface area (Å²) in [6.07, 6.45) is 0. The first-order valence-corrected chi connectivity index (χ1v) is 12.3. The highest BCUT2D eigenvalue weighted by molar-refractivity contribution is 6.79. The molecule has 116 valence electrons. The summed E-state index contributed by atoms with van der Waals surface area (Å²) in [6, 6.07) is 6.40. The number of hydrogen-bond donors (Lipinski definition) is 0. The Hall–Kier alpha value is -1.29. The van der Waals surface area contributed by atoms with Gasteiger partial charge in [0.25, 0.3) is 0 Å². The normalized spacial score (nSPS) is 12.1. The number of Topliss-reactive ketones (excluding diaryl/α,β-unsaturated/α-hetero) is 1. The fraction of sp³-hybridized carbons (Fsp3) is 0.429. The minimum absolute atomic E-state index is 0.0409. The summed E-state index contributed by atoms with van der Waals surface area (Å²) in [5, 5.41) is 0. The standard InChI is InChI=1S/C14H22O5Si2/c1-11(15)12-7-9-13(10-8-12)14(16)18-21(5,6)19-20(3,4)17-2/h7-10H,1-6H3. The van der Waals surface area contributed by atoms with E-state index in [9.17, 15) is 9.59 Å². The van der Waals surface area contributed by atoms with Gasteiger partial charge in [-0.25, -0.2) is 4.79 Å². The van der Waals surface area contributed by atoms with Crippen molar-refractivity contribution in [2.24, 2.45) is 0 Å². The molecule has 0 saturated heterocycles. The quantitative estimate of drug-likeness (QED) is 0.594. The molecular formula is C14H22O5Si2. The van der Waals surface area contributed by atoms with Crippen LogP contribution in [0.1, 0.15) is 27.6 Å². The van der Waals surface area contributed by atoms with Crippen LogP contribution in [0.25, 0.3) is 0 Å². The Morgan fingerprint density at radius 3 is 1.81 bits per heavy atom. The SMILES string of the molecule is CO[Si](C)(C)O[Si](C)(C)OC(=O)c1ccc(C(C)=O)cc1. The second kappa shape index (κ2) is 6.65. The third kappa shape index (κ3) is 5.54. The van der Waals surface area contributed by atoms with Gasteiger partial charge >= 0.3 is 23.1 Å². The van der Waals surface area contributed by atoms with Crippen LogP contribution in [-0.4, -0.2) is 36.0 Å². The predicted octanol–water partition coefficient (Wildman–Crippen LogP) is 3.11. The van der Waals surface area contributed by atoms with Gasteiger partial charge in [-0.15, -0.1) is 0 Å². The molecule has 1 aromatic rings. The minimum atomic E-state index is -2.62. The Balaban J connectivity index is 2.78. The third-order valence-electron chi connectivity index (χ3n) is 2.85. The smallest absolute Gasteiger partial charge is 0.387 e. The van der Waals surface area contributed by atoms with Crippen molar-refractivity contribution in [3.8, 4) is 0 Å². The highest BCUT2D eigenvalue weighted by Crippen LogP contribution is 2.18. The Labute approximate surface area is 127 Å². The number of hydrogen-bond acceptors (Lipinski definition) is 5. The van der Waals surface area contributed by atoms with Gasteiger partial charge in [-0.05, 0) is 45.2 Å². The van der Waals surface area contributed by atoms with Crippen LogP contribution in [0.4, 0.5) is 0 Å². The lowest BCUT2D eigenvalue weighted by Crippen LogP contribution is -2.48. The van der Waals surface area contributed by atoms with Gasteiger partial charge < -0.3 is 13.0 Å². The molecule has 0 aliphatic rings. The van der Waals surface area contributed by atoms with E-state index in [1.54, 1.807) is 31.4 Å². The van der Waals surface area contributed by atoms with Crippen LogP contribution in [-0.2, 0) is 13.0 Å². The van der Waals surface area contributed by atoms with Crippen LogP contribution in [0.3, 0.4) is 0 Å². The Morgan fingerprint density at radius 2 is 1.38 bits per heavy atom. The first kappa shape index (κ1) is 17.8. The van der Waals surface area contributed by atoms with E-state index in [0.29, 0.717) is 11.1 Å². The Kier molecular flexibility index (Phi) is 5.63. The van der Waals surface area contributed by atoms with Crippen molar-refractivity contribution in [1.82, 2.24) is 0 Å². The summed E-state index contributed by atoms with van der Waals surface area (Å²) < 4.78 is 16.7. The molecule has 7 heteroatoms. The van der Waals surface area contributed by atoms with Crippen LogP contribution in [0.5, 0.6) is 0 Å². The van der Waals surface area contributed by atoms with Gasteiger partial charge in [0.2, 0.25) is 0 Å². The van der Waals surface area contributed by atoms with Crippen molar-refractivity contribution < 1.29 is 22.6 Å². The second-order valence-electron chi connectivity index (χ2n) is 5.63. The fourth-order valence-corrected chi connectivity index (χ4v) is 7.58. The molecule has 0 aromatic heterocycles. The molecule has 0 fully saturated rings. The molecule has 1 aromatic carbocycles. The number of ketones is 1. The lowest BCUT2D eigenvalue weighted by atomic mass is 10.1. The van der Waals surface area contributed by atoms with Crippen molar-refractivity contribution in [1.29, 1.82) is 0 Å². The maximum atomic E-state index is 12.1. The molecule has 0 amide bonds. The first-order chi connectivity index (χ1) is 9.56. The van der Waals surface area contributed by atoms with Crippen molar-refractivity contribution in [3.05, 3.63) is 35.4 Å². The van der Waals surface area contributed by atoms with Crippen molar-refractivity contribution in [2.45, 2.75) is 33.1 Å². The predicted molar refractivity (Wildman–Crippen MR) is 84.9 cm³/mol. The molecule has 0 saturated carbocycles. The topological polar surface area (TPSA) is 61.8 Å². The van der Waals surface area contributed by atoms with Gasteiger partial charge in [0.05, 0.1) is 5.56 Å². The lowest BCUT2D eigenvalue weighted by molar-refractivity contribution is 0.0683. The molecule has 0 radical (unpaired) electrons. The fourth-order valence-electron chi connectivity index (χ4n) is 1.78. The van der Waals surface area contributed by atoms with Gasteiger partial charge in [-0.2, -0.15) is 0 Å². The van der Waals surface area contributed by atoms with E-state index < -0.39 is 23.1 Å². The Morgan fingerprint density at radius 1 is 0.905 bits per heavy atom. The van der Waals surface area contributed by atoms with E-state index in [-0.39, 0.29) is 5.78 Å². The molecule has 0 aliphatic carbocycles. The molecular weight excluding hydrogens is 304 g/mol. The van der Waals surface area contributed by atoms with Gasteiger partial charge in [-0.3, -0.25) is 4.79 Å². The zero-order valence-corrected chi connectivity index (χ0v) is 15.4. The Bertz CT molecular complexity index is 523. The van der Waals surface area contributed by atoms with Crippen LogP contribution in [0.15, 0.2) is 24.3 Å². The molecule has 0 aliphatic heterocycles. The number of carbonyl (C=O) groups is 2. The van der Waals surface area contributed by atoms with Gasteiger partial charge in [0.1, 0.15) is 0 Å². The molecule has 0 unspecified atom stereocenters. The molecule has 5 nitrogen and oxygen atoms in total. The van der Waals surface area contributed by atoms with E-state index >= 15 is 0 Å². The second-order valence-corrected chi connectivity index (χ2v) is 12.7. The van der Waals surface area contributed by atoms with Gasteiger partial charge in [0.15, 0.2) is 5.78 Å². The minimum Gasteiger partial charge on any atom is -0.492 e. The van der Waals surface area contributed by atoms with E-state index in [1.807, 2.05) is 26.2 Å². The number of benzene rings is 1. The van der Waals surface area contributed by atoms with Crippen LogP contribution < -0.4 is 0 Å². The molecule has 0 atom stereocenters. The maximum Gasteiger partial charge on any atom is 0.387 e. The third-order valence-corrected chi connectivity index (χ3v) is 8.44. The van der Waals surface area contributed by atoms with E-state index in [2.05, 4.69) is 0 Å². The van der Waals surface area contributed by atoms with E-state index in [1.165, 1.54) is 6.92 Å². The van der Waals surface area contributed by atoms with Gasteiger partial charge in [0, 0.05) is 12.7 Å². The number of carbonyl (C=O) groups excluding carboxylic acids is 2. The summed E-state index contributed by atoms with van der Waals surface area (Å²) in [4.78, 5) is 23.3. The van der Waals surface area contributed by atoms with Crippen LogP contribution in [0.2, 0.25) is 26.2 Å². The molecule has 0 spiro atoms. The number of rotatable bonds is 6. The average Bonchev–Trinajstić information content (AvgIpc) is 2.37. The van der Waals surface area contributed by atoms with Crippen LogP contribution in [0, 0.1) is 0 Å². The summed E-state index contributed by atoms with van der Waals surface area (Å²) >= 11 is 0. The summed E-state index contributed by atoms with van der Waals surface area (Å²) in [7, 11) is -3.29. The van der Waals surface area contributed by atoms with Crippen molar-refractivity contribution in [2.75, 3.05) is 7.11 Å². The van der Waals surface area contributed by atoms with E-state index in [0.717, 1.165) is 0 Å². The van der Waals surface area contributed by atoms with Gasteiger partial charge in [-0.1, -0.05) is 12.1 Å². The molecule has 21 heavy (non-hydrogen) atoms. The molecule has 1 rings (SSSR count). The highest BCUT2D eigenvalue weighted by Gasteiger charge is 2.38. The maximum absolute atomic E-state index is 12.1. The monoisotopic (exact) mass is 326 g/mol. The summed E-state index contributed by atoms with van der Waals surface area (Å²) in [6.45, 7) is 8.90. The molecule has 0 heterocycles. The summed E-state index contributed by atoms with van der Waals surface area (Å²) in [5.41, 5.74) is 0.966. The first-order valence-electron chi connectivity index (χ1n) is 6.66. The van der Waals surface area contributed by atoms with E-state index in [4.69, 9.17) is 13.0 Å². The zero-order chi connectivity index (χ0) is 16.3. The van der Waals surface area contributed by atoms with Crippen molar-refractivity contribution >= 4 is 28.9 Å².